The molecule has 0 saturated heterocycles. The molecule has 0 heterocycles. The first-order valence-electron chi connectivity index (χ1n) is 16.4. The summed E-state index contributed by atoms with van der Waals surface area (Å²) in [6.45, 7) is 31.6. The number of halogens is 2. The van der Waals surface area contributed by atoms with Crippen molar-refractivity contribution in [1.29, 1.82) is 0 Å². The van der Waals surface area contributed by atoms with Crippen LogP contribution < -0.4 is 0 Å². The molecule has 0 aromatic heterocycles. The summed E-state index contributed by atoms with van der Waals surface area (Å²) in [5.41, 5.74) is 22.1. The van der Waals surface area contributed by atoms with Crippen molar-refractivity contribution in [2.75, 3.05) is 0 Å². The zero-order valence-electron chi connectivity index (χ0n) is 30.7. The quantitative estimate of drug-likeness (QED) is 0.155. The van der Waals surface area contributed by atoms with Crippen molar-refractivity contribution >= 4 is 38.6 Å². The van der Waals surface area contributed by atoms with Crippen LogP contribution in [-0.2, 0) is 20.8 Å². The third-order valence-electron chi connectivity index (χ3n) is 9.44. The van der Waals surface area contributed by atoms with Gasteiger partial charge in [0.2, 0.25) is 0 Å². The Balaban J connectivity index is 0.000000225. The molecule has 0 N–H and O–H groups in total. The van der Waals surface area contributed by atoms with E-state index in [1.165, 1.54) is 111 Å². The van der Waals surface area contributed by atoms with Crippen LogP contribution in [0.4, 0.5) is 0 Å². The van der Waals surface area contributed by atoms with Crippen molar-refractivity contribution in [3.63, 3.8) is 0 Å². The van der Waals surface area contributed by atoms with Gasteiger partial charge in [-0.3, -0.25) is 0 Å². The monoisotopic (exact) mass is 739 g/mol. The van der Waals surface area contributed by atoms with Gasteiger partial charge in [0, 0.05) is 0 Å². The van der Waals surface area contributed by atoms with E-state index in [1.54, 1.807) is 6.92 Å². The molecular weight excluding hydrogens is 691 g/mol. The SMILES string of the molecule is Cc1cc(C)cc(-c2c(C)c(C)c(C)c3[cH-]c(C)cc23)c1.Cc1cc(C)cc(-c2c(C)c(C)c(C)c3[cH-]c(C)cc23)c1.[CH2-]C.[Cl][Zr][Cl]. The maximum atomic E-state index is 4.93. The number of fused-ring (bicyclic) bond motifs is 2. The number of hydrogen-bond acceptors (Lipinski definition) is 0. The van der Waals surface area contributed by atoms with Crippen LogP contribution in [0.3, 0.4) is 0 Å². The summed E-state index contributed by atoms with van der Waals surface area (Å²) in [4.78, 5) is 0. The van der Waals surface area contributed by atoms with Gasteiger partial charge in [-0.15, -0.1) is 55.9 Å². The fraction of sp³-hybridized carbons (Fsp3) is 0.295. The first-order valence-corrected chi connectivity index (χ1v) is 22.7. The molecule has 6 aromatic carbocycles. The van der Waals surface area contributed by atoms with Crippen LogP contribution in [0.15, 0.2) is 60.7 Å². The van der Waals surface area contributed by atoms with Crippen LogP contribution >= 0.6 is 17.0 Å². The van der Waals surface area contributed by atoms with Crippen LogP contribution in [0, 0.1) is 90.0 Å². The average molecular weight is 742 g/mol. The van der Waals surface area contributed by atoms with Crippen molar-refractivity contribution in [1.82, 2.24) is 0 Å². The zero-order chi connectivity index (χ0) is 35.3. The Kier molecular flexibility index (Phi) is 13.9. The Hall–Kier alpha value is -2.44. The normalized spacial score (nSPS) is 10.6. The molecule has 6 aromatic rings. The van der Waals surface area contributed by atoms with E-state index < -0.39 is 20.8 Å². The van der Waals surface area contributed by atoms with Crippen molar-refractivity contribution < 1.29 is 20.8 Å². The van der Waals surface area contributed by atoms with E-state index in [0.717, 1.165) is 0 Å². The zero-order valence-corrected chi connectivity index (χ0v) is 34.7. The molecule has 6 rings (SSSR count). The number of rotatable bonds is 2. The van der Waals surface area contributed by atoms with Gasteiger partial charge in [-0.05, 0) is 66.5 Å². The molecule has 0 bridgehead atoms. The van der Waals surface area contributed by atoms with Crippen LogP contribution in [0.2, 0.25) is 0 Å². The molecule has 0 saturated carbocycles. The summed E-state index contributed by atoms with van der Waals surface area (Å²) in [7, 11) is 9.87. The van der Waals surface area contributed by atoms with Gasteiger partial charge in [-0.1, -0.05) is 120 Å². The fourth-order valence-electron chi connectivity index (χ4n) is 7.07. The number of aryl methyl sites for hydroxylation is 8. The van der Waals surface area contributed by atoms with E-state index in [0.29, 0.717) is 0 Å². The molecule has 0 aliphatic rings. The van der Waals surface area contributed by atoms with E-state index in [2.05, 4.69) is 151 Å². The average Bonchev–Trinajstić information content (AvgIpc) is 3.58. The van der Waals surface area contributed by atoms with Crippen molar-refractivity contribution in [2.45, 2.75) is 90.0 Å². The third kappa shape index (κ3) is 8.60. The first kappa shape index (κ1) is 39.0. The van der Waals surface area contributed by atoms with Crippen LogP contribution in [0.1, 0.15) is 73.7 Å². The van der Waals surface area contributed by atoms with Crippen molar-refractivity contribution in [3.8, 4) is 22.3 Å². The van der Waals surface area contributed by atoms with Gasteiger partial charge >= 0.3 is 37.9 Å². The first-order chi connectivity index (χ1) is 22.2. The Morgan fingerprint density at radius 3 is 0.979 bits per heavy atom. The second kappa shape index (κ2) is 16.8. The maximum absolute atomic E-state index is 4.93. The minimum atomic E-state index is -0.826. The molecule has 0 nitrogen and oxygen atoms in total. The topological polar surface area (TPSA) is 0 Å². The Morgan fingerprint density at radius 2 is 0.702 bits per heavy atom. The molecule has 248 valence electrons. The van der Waals surface area contributed by atoms with Gasteiger partial charge in [-0.25, -0.2) is 0 Å². The van der Waals surface area contributed by atoms with Gasteiger partial charge in [0.1, 0.15) is 0 Å². The molecule has 3 heteroatoms. The van der Waals surface area contributed by atoms with E-state index in [9.17, 15) is 0 Å². The van der Waals surface area contributed by atoms with E-state index in [4.69, 9.17) is 17.0 Å². The molecule has 0 radical (unpaired) electrons. The number of benzene rings is 4. The van der Waals surface area contributed by atoms with Crippen LogP contribution in [0.25, 0.3) is 43.8 Å². The molecule has 47 heavy (non-hydrogen) atoms. The summed E-state index contributed by atoms with van der Waals surface area (Å²) >= 11 is -0.826. The summed E-state index contributed by atoms with van der Waals surface area (Å²) in [5.74, 6) is 0. The molecule has 0 fully saturated rings. The summed E-state index contributed by atoms with van der Waals surface area (Å²) in [6.07, 6.45) is 0. The third-order valence-corrected chi connectivity index (χ3v) is 9.44. The number of hydrogen-bond donors (Lipinski definition) is 0. The molecule has 0 aliphatic carbocycles. The molecule has 0 spiro atoms. The van der Waals surface area contributed by atoms with Gasteiger partial charge in [0.05, 0.1) is 0 Å². The van der Waals surface area contributed by atoms with E-state index in [-0.39, 0.29) is 0 Å². The Labute approximate surface area is 303 Å². The predicted octanol–water partition coefficient (Wildman–Crippen LogP) is 14.4. The Morgan fingerprint density at radius 1 is 0.426 bits per heavy atom. The molecule has 0 amide bonds. The second-order valence-electron chi connectivity index (χ2n) is 13.0. The summed E-state index contributed by atoms with van der Waals surface area (Å²) < 4.78 is 0. The van der Waals surface area contributed by atoms with E-state index >= 15 is 0 Å². The van der Waals surface area contributed by atoms with Gasteiger partial charge < -0.3 is 6.92 Å². The molecule has 0 aliphatic heterocycles. The second-order valence-corrected chi connectivity index (χ2v) is 16.8. The summed E-state index contributed by atoms with van der Waals surface area (Å²) in [6, 6.07) is 23.0. The van der Waals surface area contributed by atoms with Crippen molar-refractivity contribution in [3.05, 3.63) is 134 Å². The van der Waals surface area contributed by atoms with Gasteiger partial charge in [-0.2, -0.15) is 19.1 Å². The van der Waals surface area contributed by atoms with Crippen LogP contribution in [0.5, 0.6) is 0 Å². The molecule has 0 unspecified atom stereocenters. The van der Waals surface area contributed by atoms with E-state index in [1.807, 2.05) is 0 Å². The van der Waals surface area contributed by atoms with Gasteiger partial charge in [0.15, 0.2) is 0 Å². The molecule has 0 atom stereocenters. The minimum absolute atomic E-state index is 0.826. The Bertz CT molecular complexity index is 1830. The molecular formula is C44H51Cl2Zr-3. The fourth-order valence-corrected chi connectivity index (χ4v) is 7.07. The standard InChI is InChI=1S/2C21H23.C2H5.2ClH.Zr/c2*1-12-7-13(2)9-18(8-12)21-17(6)15(4)16(5)19-10-14(3)11-20(19)21;1-2;;;/h2*7-11H,1-6H3;1H2,2H3;2*1H;/q3*-1;;;+2/p-2. The van der Waals surface area contributed by atoms with Crippen molar-refractivity contribution in [2.24, 2.45) is 0 Å². The summed E-state index contributed by atoms with van der Waals surface area (Å²) in [5, 5.41) is 5.62. The van der Waals surface area contributed by atoms with Gasteiger partial charge in [0.25, 0.3) is 0 Å². The van der Waals surface area contributed by atoms with Crippen LogP contribution in [-0.4, -0.2) is 0 Å². The predicted molar refractivity (Wildman–Crippen MR) is 210 cm³/mol.